The van der Waals surface area contributed by atoms with Crippen LogP contribution < -0.4 is 24.4 Å². The fourth-order valence-corrected chi connectivity index (χ4v) is 3.63. The van der Waals surface area contributed by atoms with E-state index >= 15 is 0 Å². The van der Waals surface area contributed by atoms with E-state index in [0.717, 1.165) is 15.1 Å². The molecule has 3 aromatic rings. The lowest BCUT2D eigenvalue weighted by atomic mass is 10.1. The summed E-state index contributed by atoms with van der Waals surface area (Å²) < 4.78 is 17.6. The van der Waals surface area contributed by atoms with Crippen LogP contribution in [0, 0.1) is 0 Å². The van der Waals surface area contributed by atoms with Crippen LogP contribution in [0.25, 0.3) is 6.08 Å². The number of para-hydroxylation sites is 1. The molecule has 178 valence electrons. The average molecular weight is 537 g/mol. The number of urea groups is 1. The third-order valence-corrected chi connectivity index (χ3v) is 5.57. The van der Waals surface area contributed by atoms with E-state index in [1.807, 2.05) is 30.3 Å². The Morgan fingerprint density at radius 2 is 1.60 bits per heavy atom. The Morgan fingerprint density at radius 3 is 2.31 bits per heavy atom. The molecular formula is C26H21BrN2O6. The average Bonchev–Trinajstić information content (AvgIpc) is 2.86. The molecule has 1 aliphatic heterocycles. The Morgan fingerprint density at radius 1 is 0.886 bits per heavy atom. The molecule has 9 heteroatoms. The Bertz CT molecular complexity index is 1270. The number of amides is 4. The van der Waals surface area contributed by atoms with Crippen molar-refractivity contribution < 1.29 is 28.6 Å². The van der Waals surface area contributed by atoms with Gasteiger partial charge in [0.2, 0.25) is 0 Å². The number of barbiturate groups is 1. The monoisotopic (exact) mass is 536 g/mol. The Labute approximate surface area is 210 Å². The Balaban J connectivity index is 1.49. The SMILES string of the molecule is COc1cc(C=C2C(=O)NC(=O)N(c3ccc(Br)cc3)C2=O)ccc1OCCOc1ccccc1. The number of benzene rings is 3. The zero-order chi connectivity index (χ0) is 24.8. The lowest BCUT2D eigenvalue weighted by Gasteiger charge is -2.26. The van der Waals surface area contributed by atoms with Crippen molar-refractivity contribution in [3.05, 3.63) is 88.4 Å². The van der Waals surface area contributed by atoms with Gasteiger partial charge in [0.1, 0.15) is 24.5 Å². The van der Waals surface area contributed by atoms with Gasteiger partial charge in [0.25, 0.3) is 11.8 Å². The quantitative estimate of drug-likeness (QED) is 0.257. The van der Waals surface area contributed by atoms with E-state index in [1.54, 1.807) is 42.5 Å². The number of hydrogen-bond acceptors (Lipinski definition) is 6. The molecule has 0 saturated carbocycles. The first kappa shape index (κ1) is 24.0. The Kier molecular flexibility index (Phi) is 7.47. The highest BCUT2D eigenvalue weighted by molar-refractivity contribution is 9.10. The van der Waals surface area contributed by atoms with Crippen LogP contribution in [0.5, 0.6) is 17.2 Å². The normalized spacial score (nSPS) is 14.6. The summed E-state index contributed by atoms with van der Waals surface area (Å²) in [7, 11) is 1.49. The number of carbonyl (C=O) groups is 3. The number of hydrogen-bond donors (Lipinski definition) is 1. The van der Waals surface area contributed by atoms with E-state index < -0.39 is 17.8 Å². The van der Waals surface area contributed by atoms with Gasteiger partial charge in [-0.3, -0.25) is 14.9 Å². The predicted octanol–water partition coefficient (Wildman–Crippen LogP) is 4.58. The van der Waals surface area contributed by atoms with Gasteiger partial charge >= 0.3 is 6.03 Å². The number of anilines is 1. The maximum atomic E-state index is 13.0. The fraction of sp³-hybridized carbons (Fsp3) is 0.115. The molecule has 0 aromatic heterocycles. The number of nitrogens with zero attached hydrogens (tertiary/aromatic N) is 1. The molecule has 4 rings (SSSR count). The first-order chi connectivity index (χ1) is 17.0. The second-order valence-corrected chi connectivity index (χ2v) is 8.27. The van der Waals surface area contributed by atoms with Gasteiger partial charge in [0, 0.05) is 4.47 Å². The van der Waals surface area contributed by atoms with E-state index in [2.05, 4.69) is 21.2 Å². The minimum atomic E-state index is -0.807. The van der Waals surface area contributed by atoms with Crippen LogP contribution in [0.1, 0.15) is 5.56 Å². The van der Waals surface area contributed by atoms with Crippen LogP contribution in [0.15, 0.2) is 82.8 Å². The molecule has 0 atom stereocenters. The summed E-state index contributed by atoms with van der Waals surface area (Å²) in [6.07, 6.45) is 1.40. The van der Waals surface area contributed by atoms with Gasteiger partial charge in [-0.05, 0) is 60.2 Å². The molecule has 1 fully saturated rings. The van der Waals surface area contributed by atoms with Crippen LogP contribution in [-0.4, -0.2) is 38.2 Å². The first-order valence-corrected chi connectivity index (χ1v) is 11.4. The molecule has 35 heavy (non-hydrogen) atoms. The van der Waals surface area contributed by atoms with Crippen LogP contribution in [0.4, 0.5) is 10.5 Å². The second kappa shape index (κ2) is 10.9. The molecule has 3 aromatic carbocycles. The molecule has 0 aliphatic carbocycles. The maximum absolute atomic E-state index is 13.0. The number of rotatable bonds is 8. The third-order valence-electron chi connectivity index (χ3n) is 5.04. The van der Waals surface area contributed by atoms with Crippen molar-refractivity contribution in [3.63, 3.8) is 0 Å². The van der Waals surface area contributed by atoms with Crippen molar-refractivity contribution in [1.29, 1.82) is 0 Å². The molecule has 1 heterocycles. The molecule has 8 nitrogen and oxygen atoms in total. The zero-order valence-electron chi connectivity index (χ0n) is 18.7. The summed E-state index contributed by atoms with van der Waals surface area (Å²) >= 11 is 3.32. The van der Waals surface area contributed by atoms with E-state index in [1.165, 1.54) is 13.2 Å². The van der Waals surface area contributed by atoms with Crippen LogP contribution in [-0.2, 0) is 9.59 Å². The summed E-state index contributed by atoms with van der Waals surface area (Å²) in [6.45, 7) is 0.629. The minimum absolute atomic E-state index is 0.181. The minimum Gasteiger partial charge on any atom is -0.493 e. The van der Waals surface area contributed by atoms with Gasteiger partial charge in [-0.15, -0.1) is 0 Å². The standard InChI is InChI=1S/C26H21BrN2O6/c1-33-23-16-17(7-12-22(23)35-14-13-34-20-5-3-2-4-6-20)15-21-24(30)28-26(32)29(25(21)31)19-10-8-18(27)9-11-19/h2-12,15-16H,13-14H2,1H3,(H,28,30,32). The van der Waals surface area contributed by atoms with Crippen molar-refractivity contribution in [1.82, 2.24) is 5.32 Å². The number of halogens is 1. The smallest absolute Gasteiger partial charge is 0.335 e. The van der Waals surface area contributed by atoms with Crippen molar-refractivity contribution >= 4 is 45.5 Å². The topological polar surface area (TPSA) is 94.2 Å². The van der Waals surface area contributed by atoms with E-state index in [-0.39, 0.29) is 12.2 Å². The summed E-state index contributed by atoms with van der Waals surface area (Å²) in [4.78, 5) is 38.7. The van der Waals surface area contributed by atoms with Crippen molar-refractivity contribution in [2.45, 2.75) is 0 Å². The van der Waals surface area contributed by atoms with Crippen molar-refractivity contribution in [3.8, 4) is 17.2 Å². The first-order valence-electron chi connectivity index (χ1n) is 10.6. The number of imide groups is 2. The van der Waals surface area contributed by atoms with Gasteiger partial charge in [0.05, 0.1) is 12.8 Å². The fourth-order valence-electron chi connectivity index (χ4n) is 3.37. The number of nitrogens with one attached hydrogen (secondary N) is 1. The summed E-state index contributed by atoms with van der Waals surface area (Å²) in [5.74, 6) is 0.154. The van der Waals surface area contributed by atoms with Gasteiger partial charge in [-0.1, -0.05) is 40.2 Å². The van der Waals surface area contributed by atoms with Crippen LogP contribution >= 0.6 is 15.9 Å². The summed E-state index contributed by atoms with van der Waals surface area (Å²) in [5.41, 5.74) is 0.686. The number of carbonyl (C=O) groups excluding carboxylic acids is 3. The predicted molar refractivity (Wildman–Crippen MR) is 134 cm³/mol. The third kappa shape index (κ3) is 5.70. The van der Waals surface area contributed by atoms with E-state index in [4.69, 9.17) is 14.2 Å². The van der Waals surface area contributed by atoms with Gasteiger partial charge < -0.3 is 14.2 Å². The van der Waals surface area contributed by atoms with E-state index in [0.29, 0.717) is 29.4 Å². The lowest BCUT2D eigenvalue weighted by Crippen LogP contribution is -2.54. The Hall–Kier alpha value is -4.11. The molecule has 0 bridgehead atoms. The molecule has 0 radical (unpaired) electrons. The molecule has 1 N–H and O–H groups in total. The second-order valence-electron chi connectivity index (χ2n) is 7.35. The highest BCUT2D eigenvalue weighted by Gasteiger charge is 2.36. The van der Waals surface area contributed by atoms with Gasteiger partial charge in [-0.25, -0.2) is 9.69 Å². The molecule has 1 aliphatic rings. The molecule has 0 unspecified atom stereocenters. The van der Waals surface area contributed by atoms with Crippen molar-refractivity contribution in [2.24, 2.45) is 0 Å². The van der Waals surface area contributed by atoms with Crippen LogP contribution in [0.3, 0.4) is 0 Å². The molecule has 4 amide bonds. The summed E-state index contributed by atoms with van der Waals surface area (Å²) in [6, 6.07) is 20.2. The highest BCUT2D eigenvalue weighted by atomic mass is 79.9. The molecule has 1 saturated heterocycles. The van der Waals surface area contributed by atoms with Crippen molar-refractivity contribution in [2.75, 3.05) is 25.2 Å². The molecular weight excluding hydrogens is 516 g/mol. The van der Waals surface area contributed by atoms with Gasteiger partial charge in [-0.2, -0.15) is 0 Å². The summed E-state index contributed by atoms with van der Waals surface area (Å²) in [5, 5.41) is 2.21. The highest BCUT2D eigenvalue weighted by Crippen LogP contribution is 2.30. The maximum Gasteiger partial charge on any atom is 0.335 e. The zero-order valence-corrected chi connectivity index (χ0v) is 20.3. The van der Waals surface area contributed by atoms with E-state index in [9.17, 15) is 14.4 Å². The lowest BCUT2D eigenvalue weighted by molar-refractivity contribution is -0.122. The number of ether oxygens (including phenoxy) is 3. The van der Waals surface area contributed by atoms with Crippen LogP contribution in [0.2, 0.25) is 0 Å². The van der Waals surface area contributed by atoms with Gasteiger partial charge in [0.15, 0.2) is 11.5 Å². The molecule has 0 spiro atoms. The largest absolute Gasteiger partial charge is 0.493 e. The number of methoxy groups -OCH3 is 1.